The summed E-state index contributed by atoms with van der Waals surface area (Å²) >= 11 is 0. The highest BCUT2D eigenvalue weighted by molar-refractivity contribution is 5.95. The first-order valence-corrected chi connectivity index (χ1v) is 8.29. The Balaban J connectivity index is 1.85. The van der Waals surface area contributed by atoms with E-state index in [1.54, 1.807) is 24.3 Å². The van der Waals surface area contributed by atoms with E-state index in [1.807, 2.05) is 0 Å². The van der Waals surface area contributed by atoms with Gasteiger partial charge in [0, 0.05) is 17.6 Å². The number of pyridine rings is 2. The molecule has 29 heavy (non-hydrogen) atoms. The van der Waals surface area contributed by atoms with Gasteiger partial charge in [0.2, 0.25) is 5.88 Å². The summed E-state index contributed by atoms with van der Waals surface area (Å²) in [5.74, 6) is -0.814. The smallest absolute Gasteiger partial charge is 0.418 e. The normalized spacial score (nSPS) is 11.6. The zero-order valence-corrected chi connectivity index (χ0v) is 14.6. The first-order chi connectivity index (χ1) is 13.8. The number of amides is 1. The summed E-state index contributed by atoms with van der Waals surface area (Å²) in [4.78, 5) is 19.6. The second-order valence-electron chi connectivity index (χ2n) is 5.98. The Labute approximate surface area is 161 Å². The van der Waals surface area contributed by atoms with Gasteiger partial charge in [0.05, 0.1) is 11.1 Å². The molecule has 1 amide bonds. The molecule has 4 rings (SSSR count). The molecular formula is C19H12F3N5O2. The number of nitrogens with one attached hydrogen (secondary N) is 1. The number of hydrogen-bond donors (Lipinski definition) is 2. The van der Waals surface area contributed by atoms with Gasteiger partial charge in [-0.05, 0) is 30.3 Å². The number of hydrogen-bond acceptors (Lipinski definition) is 5. The van der Waals surface area contributed by atoms with E-state index in [2.05, 4.69) is 20.2 Å². The maximum atomic E-state index is 13.6. The minimum Gasteiger partial charge on any atom is -0.438 e. The van der Waals surface area contributed by atoms with Crippen LogP contribution in [0.3, 0.4) is 0 Å². The SMILES string of the molecule is NC(=O)c1ccccc1Oc1ccc(C(F)(F)F)c(-c2n[nH]c3ncccc23)n1. The average Bonchev–Trinajstić information content (AvgIpc) is 3.11. The van der Waals surface area contributed by atoms with Crippen LogP contribution in [0.2, 0.25) is 0 Å². The number of primary amides is 1. The molecule has 0 unspecified atom stereocenters. The molecule has 146 valence electrons. The summed E-state index contributed by atoms with van der Waals surface area (Å²) in [6, 6.07) is 11.2. The van der Waals surface area contributed by atoms with Gasteiger partial charge in [0.15, 0.2) is 5.65 Å². The monoisotopic (exact) mass is 399 g/mol. The molecule has 7 nitrogen and oxygen atoms in total. The third-order valence-electron chi connectivity index (χ3n) is 4.10. The van der Waals surface area contributed by atoms with E-state index >= 15 is 0 Å². The van der Waals surface area contributed by atoms with Crippen molar-refractivity contribution in [3.05, 3.63) is 65.9 Å². The van der Waals surface area contributed by atoms with Crippen LogP contribution in [0.1, 0.15) is 15.9 Å². The Kier molecular flexibility index (Phi) is 4.38. The van der Waals surface area contributed by atoms with Crippen molar-refractivity contribution in [2.45, 2.75) is 6.18 Å². The van der Waals surface area contributed by atoms with Crippen LogP contribution < -0.4 is 10.5 Å². The van der Waals surface area contributed by atoms with Crippen LogP contribution >= 0.6 is 0 Å². The third kappa shape index (κ3) is 3.47. The van der Waals surface area contributed by atoms with Crippen LogP contribution in [0.15, 0.2) is 54.7 Å². The second kappa shape index (κ2) is 6.89. The van der Waals surface area contributed by atoms with Crippen molar-refractivity contribution in [2.24, 2.45) is 5.73 Å². The first kappa shape index (κ1) is 18.4. The zero-order valence-electron chi connectivity index (χ0n) is 14.6. The number of rotatable bonds is 4. The van der Waals surface area contributed by atoms with Crippen molar-refractivity contribution in [1.82, 2.24) is 20.2 Å². The Bertz CT molecular complexity index is 1220. The van der Waals surface area contributed by atoms with Gasteiger partial charge in [0.1, 0.15) is 17.1 Å². The van der Waals surface area contributed by atoms with E-state index < -0.39 is 23.3 Å². The van der Waals surface area contributed by atoms with Crippen LogP contribution in [-0.4, -0.2) is 26.1 Å². The number of H-pyrrole nitrogens is 1. The van der Waals surface area contributed by atoms with Gasteiger partial charge >= 0.3 is 6.18 Å². The van der Waals surface area contributed by atoms with Crippen molar-refractivity contribution in [3.8, 4) is 23.0 Å². The molecule has 0 atom stereocenters. The van der Waals surface area contributed by atoms with E-state index in [4.69, 9.17) is 10.5 Å². The Hall–Kier alpha value is -3.95. The van der Waals surface area contributed by atoms with Crippen LogP contribution in [0, 0.1) is 0 Å². The third-order valence-corrected chi connectivity index (χ3v) is 4.10. The van der Waals surface area contributed by atoms with Gasteiger partial charge in [0.25, 0.3) is 5.91 Å². The molecule has 1 aromatic carbocycles. The number of benzene rings is 1. The number of nitrogens with zero attached hydrogens (tertiary/aromatic N) is 3. The van der Waals surface area contributed by atoms with Gasteiger partial charge in [-0.1, -0.05) is 12.1 Å². The van der Waals surface area contributed by atoms with Gasteiger partial charge in [-0.3, -0.25) is 9.89 Å². The van der Waals surface area contributed by atoms with E-state index in [0.29, 0.717) is 11.0 Å². The number of para-hydroxylation sites is 1. The summed E-state index contributed by atoms with van der Waals surface area (Å²) in [6.45, 7) is 0. The minimum absolute atomic E-state index is 0.0194. The molecule has 0 saturated heterocycles. The predicted octanol–water partition coefficient (Wildman–Crippen LogP) is 3.93. The average molecular weight is 399 g/mol. The molecule has 0 spiro atoms. The van der Waals surface area contributed by atoms with E-state index in [9.17, 15) is 18.0 Å². The molecule has 0 bridgehead atoms. The zero-order chi connectivity index (χ0) is 20.6. The van der Waals surface area contributed by atoms with Crippen molar-refractivity contribution < 1.29 is 22.7 Å². The van der Waals surface area contributed by atoms with Crippen molar-refractivity contribution in [3.63, 3.8) is 0 Å². The number of carbonyl (C=O) groups is 1. The predicted molar refractivity (Wildman–Crippen MR) is 97.2 cm³/mol. The molecule has 0 aliphatic heterocycles. The molecule has 3 heterocycles. The molecule has 0 aliphatic carbocycles. The van der Waals surface area contributed by atoms with E-state index in [-0.39, 0.29) is 22.9 Å². The van der Waals surface area contributed by atoms with Crippen molar-refractivity contribution in [2.75, 3.05) is 0 Å². The molecule has 0 fully saturated rings. The number of alkyl halides is 3. The molecule has 3 N–H and O–H groups in total. The highest BCUT2D eigenvalue weighted by Crippen LogP contribution is 2.39. The standard InChI is InChI=1S/C19H12F3N5O2/c20-19(21,22)12-7-8-14(29-13-6-2-1-4-10(13)17(23)28)25-16(12)15-11-5-3-9-24-18(11)27-26-15/h1-9H,(H2,23,28)(H,24,26,27). The number of carbonyl (C=O) groups excluding carboxylic acids is 1. The number of nitrogens with two attached hydrogens (primary N) is 1. The fourth-order valence-electron chi connectivity index (χ4n) is 2.81. The van der Waals surface area contributed by atoms with Crippen LogP contribution in [0.25, 0.3) is 22.4 Å². The molecule has 4 aromatic rings. The molecule has 0 aliphatic rings. The highest BCUT2D eigenvalue weighted by Gasteiger charge is 2.36. The number of ether oxygens (including phenoxy) is 1. The molecule has 0 radical (unpaired) electrons. The molecule has 0 saturated carbocycles. The maximum absolute atomic E-state index is 13.6. The van der Waals surface area contributed by atoms with Gasteiger partial charge < -0.3 is 10.5 Å². The van der Waals surface area contributed by atoms with Gasteiger partial charge in [-0.25, -0.2) is 9.97 Å². The summed E-state index contributed by atoms with van der Waals surface area (Å²) in [7, 11) is 0. The van der Waals surface area contributed by atoms with Crippen LogP contribution in [0.4, 0.5) is 13.2 Å². The lowest BCUT2D eigenvalue weighted by atomic mass is 10.1. The minimum atomic E-state index is -4.67. The summed E-state index contributed by atoms with van der Waals surface area (Å²) in [5.41, 5.74) is 4.28. The van der Waals surface area contributed by atoms with Crippen molar-refractivity contribution >= 4 is 16.9 Å². The second-order valence-corrected chi connectivity index (χ2v) is 5.98. The topological polar surface area (TPSA) is 107 Å². The lowest BCUT2D eigenvalue weighted by Gasteiger charge is -2.13. The van der Waals surface area contributed by atoms with Crippen molar-refractivity contribution in [1.29, 1.82) is 0 Å². The van der Waals surface area contributed by atoms with Crippen LogP contribution in [0.5, 0.6) is 11.6 Å². The Morgan fingerprint density at radius 1 is 1.03 bits per heavy atom. The van der Waals surface area contributed by atoms with Gasteiger partial charge in [-0.15, -0.1) is 0 Å². The lowest BCUT2D eigenvalue weighted by molar-refractivity contribution is -0.137. The maximum Gasteiger partial charge on any atom is 0.418 e. The Morgan fingerprint density at radius 3 is 2.59 bits per heavy atom. The summed E-state index contributed by atoms with van der Waals surface area (Å²) < 4.78 is 46.3. The highest BCUT2D eigenvalue weighted by atomic mass is 19.4. The molecular weight excluding hydrogens is 387 g/mol. The quantitative estimate of drug-likeness (QED) is 0.541. The molecule has 3 aromatic heterocycles. The number of aromatic nitrogens is 4. The number of fused-ring (bicyclic) bond motifs is 1. The van der Waals surface area contributed by atoms with Gasteiger partial charge in [-0.2, -0.15) is 18.3 Å². The fourth-order valence-corrected chi connectivity index (χ4v) is 2.81. The largest absolute Gasteiger partial charge is 0.438 e. The number of halogens is 3. The molecule has 10 heteroatoms. The Morgan fingerprint density at radius 2 is 1.83 bits per heavy atom. The lowest BCUT2D eigenvalue weighted by Crippen LogP contribution is -2.12. The summed E-state index contributed by atoms with van der Waals surface area (Å²) in [5, 5.41) is 6.92. The fraction of sp³-hybridized carbons (Fsp3) is 0.0526. The first-order valence-electron chi connectivity index (χ1n) is 8.29. The van der Waals surface area contributed by atoms with Crippen LogP contribution in [-0.2, 0) is 6.18 Å². The number of aromatic amines is 1. The summed E-state index contributed by atoms with van der Waals surface area (Å²) in [6.07, 6.45) is -3.18. The van der Waals surface area contributed by atoms with E-state index in [1.165, 1.54) is 18.3 Å². The van der Waals surface area contributed by atoms with E-state index in [0.717, 1.165) is 12.1 Å².